The Morgan fingerprint density at radius 2 is 2.30 bits per heavy atom. The SMILES string of the molecule is Nc1ccc2ncnoc1-2. The molecule has 0 aromatic heterocycles. The minimum Gasteiger partial charge on any atom is -0.396 e. The lowest BCUT2D eigenvalue weighted by molar-refractivity contribution is 0.406. The van der Waals surface area contributed by atoms with Crippen LogP contribution in [0.15, 0.2) is 23.0 Å². The Morgan fingerprint density at radius 1 is 1.40 bits per heavy atom. The van der Waals surface area contributed by atoms with Gasteiger partial charge in [0.25, 0.3) is 0 Å². The molecule has 2 aliphatic rings. The molecule has 0 atom stereocenters. The van der Waals surface area contributed by atoms with E-state index in [2.05, 4.69) is 10.1 Å². The third kappa shape index (κ3) is 0.556. The van der Waals surface area contributed by atoms with Crippen molar-refractivity contribution < 1.29 is 4.52 Å². The molecule has 0 radical (unpaired) electrons. The van der Waals surface area contributed by atoms with Crippen molar-refractivity contribution in [2.45, 2.75) is 0 Å². The summed E-state index contributed by atoms with van der Waals surface area (Å²) in [4.78, 5) is 3.92. The van der Waals surface area contributed by atoms with Crippen LogP contribution in [-0.2, 0) is 0 Å². The van der Waals surface area contributed by atoms with Crippen molar-refractivity contribution in [1.82, 2.24) is 10.1 Å². The van der Waals surface area contributed by atoms with E-state index in [1.54, 1.807) is 12.1 Å². The molecule has 0 amide bonds. The van der Waals surface area contributed by atoms with Gasteiger partial charge >= 0.3 is 0 Å². The van der Waals surface area contributed by atoms with Crippen molar-refractivity contribution in [2.75, 3.05) is 5.73 Å². The van der Waals surface area contributed by atoms with E-state index >= 15 is 0 Å². The molecule has 0 saturated heterocycles. The molecule has 1 heterocycles. The normalized spacial score (nSPS) is 10.4. The predicted molar refractivity (Wildman–Crippen MR) is 35.3 cm³/mol. The number of hydrogen-bond acceptors (Lipinski definition) is 4. The van der Waals surface area contributed by atoms with Gasteiger partial charge in [-0.15, -0.1) is 0 Å². The van der Waals surface area contributed by atoms with Crippen molar-refractivity contribution in [2.24, 2.45) is 0 Å². The number of hydrogen-bond donors (Lipinski definition) is 1. The molecule has 0 fully saturated rings. The maximum absolute atomic E-state index is 5.50. The standard InChI is InChI=1S/C6H5N3O/c7-4-1-2-5-6(4)10-9-3-8-5/h1-3H,7H2. The van der Waals surface area contributed by atoms with Crippen molar-refractivity contribution in [3.05, 3.63) is 18.5 Å². The molecule has 1 aliphatic carbocycles. The van der Waals surface area contributed by atoms with Crippen LogP contribution in [0.25, 0.3) is 11.5 Å². The lowest BCUT2D eigenvalue weighted by Gasteiger charge is -1.92. The van der Waals surface area contributed by atoms with Gasteiger partial charge in [-0.1, -0.05) is 5.16 Å². The minimum atomic E-state index is 0.558. The van der Waals surface area contributed by atoms with E-state index in [0.717, 1.165) is 5.69 Å². The number of rotatable bonds is 0. The first-order chi connectivity index (χ1) is 4.88. The van der Waals surface area contributed by atoms with E-state index in [1.165, 1.54) is 6.33 Å². The third-order valence-corrected chi connectivity index (χ3v) is 1.30. The molecule has 4 nitrogen and oxygen atoms in total. The van der Waals surface area contributed by atoms with Crippen LogP contribution < -0.4 is 5.73 Å². The highest BCUT2D eigenvalue weighted by Crippen LogP contribution is 2.25. The van der Waals surface area contributed by atoms with E-state index < -0.39 is 0 Å². The van der Waals surface area contributed by atoms with Gasteiger partial charge in [-0.3, -0.25) is 0 Å². The lowest BCUT2D eigenvalue weighted by Crippen LogP contribution is -1.86. The van der Waals surface area contributed by atoms with Gasteiger partial charge in [0, 0.05) is 0 Å². The van der Waals surface area contributed by atoms with E-state index in [4.69, 9.17) is 10.3 Å². The van der Waals surface area contributed by atoms with Gasteiger partial charge in [0.05, 0.1) is 5.69 Å². The number of nitrogen functional groups attached to an aromatic ring is 1. The number of anilines is 1. The van der Waals surface area contributed by atoms with Gasteiger partial charge < -0.3 is 10.3 Å². The van der Waals surface area contributed by atoms with Crippen LogP contribution in [-0.4, -0.2) is 10.1 Å². The summed E-state index contributed by atoms with van der Waals surface area (Å²) in [6, 6.07) is 3.53. The number of aromatic nitrogens is 2. The highest BCUT2D eigenvalue weighted by atomic mass is 16.5. The average molecular weight is 135 g/mol. The molecule has 2 rings (SSSR count). The fraction of sp³-hybridized carbons (Fsp3) is 0. The molecule has 0 spiro atoms. The lowest BCUT2D eigenvalue weighted by atomic mass is 10.4. The molecule has 0 bridgehead atoms. The molecular weight excluding hydrogens is 130 g/mol. The van der Waals surface area contributed by atoms with Gasteiger partial charge in [0.1, 0.15) is 5.69 Å². The maximum atomic E-state index is 5.50. The smallest absolute Gasteiger partial charge is 0.206 e. The summed E-state index contributed by atoms with van der Waals surface area (Å²) in [6.07, 6.45) is 1.35. The Kier molecular flexibility index (Phi) is 0.887. The molecule has 4 heteroatoms. The van der Waals surface area contributed by atoms with E-state index in [1.807, 2.05) is 0 Å². The van der Waals surface area contributed by atoms with Crippen molar-refractivity contribution in [3.63, 3.8) is 0 Å². The van der Waals surface area contributed by atoms with Crippen LogP contribution in [0.2, 0.25) is 0 Å². The highest BCUT2D eigenvalue weighted by Gasteiger charge is 2.09. The largest absolute Gasteiger partial charge is 0.396 e. The molecule has 10 heavy (non-hydrogen) atoms. The maximum Gasteiger partial charge on any atom is 0.206 e. The molecule has 0 saturated carbocycles. The molecule has 0 aromatic rings. The second-order valence-corrected chi connectivity index (χ2v) is 1.94. The second-order valence-electron chi connectivity index (χ2n) is 1.94. The zero-order valence-corrected chi connectivity index (χ0v) is 5.11. The number of nitrogens with zero attached hydrogens (tertiary/aromatic N) is 2. The van der Waals surface area contributed by atoms with Crippen molar-refractivity contribution >= 4 is 5.69 Å². The summed E-state index contributed by atoms with van der Waals surface area (Å²) in [5.41, 5.74) is 6.82. The van der Waals surface area contributed by atoms with Crippen LogP contribution in [0.5, 0.6) is 0 Å². The Bertz CT molecular complexity index is 317. The Balaban J connectivity index is 2.78. The first-order valence-corrected chi connectivity index (χ1v) is 2.83. The van der Waals surface area contributed by atoms with Gasteiger partial charge in [0.15, 0.2) is 6.33 Å². The van der Waals surface area contributed by atoms with E-state index in [0.29, 0.717) is 11.4 Å². The van der Waals surface area contributed by atoms with Crippen LogP contribution in [0.4, 0.5) is 5.69 Å². The summed E-state index contributed by atoms with van der Waals surface area (Å²) in [6.45, 7) is 0. The average Bonchev–Trinajstić information content (AvgIpc) is 2.34. The zero-order chi connectivity index (χ0) is 6.97. The van der Waals surface area contributed by atoms with Crippen molar-refractivity contribution in [3.8, 4) is 11.5 Å². The highest BCUT2D eigenvalue weighted by molar-refractivity contribution is 5.71. The van der Waals surface area contributed by atoms with Crippen LogP contribution in [0.1, 0.15) is 0 Å². The Morgan fingerprint density at radius 3 is 3.10 bits per heavy atom. The number of nitrogens with two attached hydrogens (primary N) is 1. The molecule has 50 valence electrons. The molecule has 0 aromatic carbocycles. The summed E-state index contributed by atoms with van der Waals surface area (Å²) in [5, 5.41) is 3.48. The van der Waals surface area contributed by atoms with Crippen LogP contribution in [0, 0.1) is 0 Å². The second kappa shape index (κ2) is 1.70. The third-order valence-electron chi connectivity index (χ3n) is 1.30. The Hall–Kier alpha value is -1.58. The first-order valence-electron chi connectivity index (χ1n) is 2.83. The van der Waals surface area contributed by atoms with E-state index in [-0.39, 0.29) is 0 Å². The van der Waals surface area contributed by atoms with E-state index in [9.17, 15) is 0 Å². The zero-order valence-electron chi connectivity index (χ0n) is 5.11. The molecule has 2 N–H and O–H groups in total. The fourth-order valence-corrected chi connectivity index (χ4v) is 0.831. The summed E-state index contributed by atoms with van der Waals surface area (Å²) < 4.78 is 4.84. The fourth-order valence-electron chi connectivity index (χ4n) is 0.831. The van der Waals surface area contributed by atoms with Gasteiger partial charge in [-0.2, -0.15) is 0 Å². The van der Waals surface area contributed by atoms with Gasteiger partial charge in [-0.25, -0.2) is 4.98 Å². The van der Waals surface area contributed by atoms with Crippen LogP contribution in [0.3, 0.4) is 0 Å². The molecular formula is C6H5N3O. The quantitative estimate of drug-likeness (QED) is 0.579. The van der Waals surface area contributed by atoms with Gasteiger partial charge in [-0.05, 0) is 12.1 Å². The molecule has 1 aliphatic heterocycles. The first kappa shape index (κ1) is 5.22. The monoisotopic (exact) mass is 135 g/mol. The number of fused-ring (bicyclic) bond motifs is 1. The minimum absolute atomic E-state index is 0.558. The molecule has 0 unspecified atom stereocenters. The van der Waals surface area contributed by atoms with Crippen LogP contribution >= 0.6 is 0 Å². The predicted octanol–water partition coefficient (Wildman–Crippen LogP) is 0.757. The topological polar surface area (TPSA) is 64.9 Å². The summed E-state index contributed by atoms with van der Waals surface area (Å²) in [7, 11) is 0. The van der Waals surface area contributed by atoms with Crippen molar-refractivity contribution in [1.29, 1.82) is 0 Å². The van der Waals surface area contributed by atoms with Gasteiger partial charge in [0.2, 0.25) is 5.76 Å². The summed E-state index contributed by atoms with van der Waals surface area (Å²) >= 11 is 0. The Labute approximate surface area is 57.0 Å². The summed E-state index contributed by atoms with van der Waals surface area (Å²) in [5.74, 6) is 0.558.